The van der Waals surface area contributed by atoms with Crippen LogP contribution in [-0.2, 0) is 31.9 Å². The fourth-order valence-electron chi connectivity index (χ4n) is 8.00. The van der Waals surface area contributed by atoms with E-state index in [1.807, 2.05) is 51.2 Å². The van der Waals surface area contributed by atoms with Crippen LogP contribution in [0.15, 0.2) is 149 Å². The van der Waals surface area contributed by atoms with E-state index < -0.39 is 31.9 Å². The Kier molecular flexibility index (Phi) is 10.8. The van der Waals surface area contributed by atoms with Gasteiger partial charge in [0.05, 0.1) is 11.3 Å². The van der Waals surface area contributed by atoms with Crippen molar-refractivity contribution in [3.05, 3.63) is 185 Å². The number of rotatable bonds is 6. The van der Waals surface area contributed by atoms with Crippen molar-refractivity contribution in [3.63, 3.8) is 0 Å². The molecular weight excluding hydrogens is 981 g/mol. The molecule has 9 rings (SSSR count). The number of nitrogens with zero attached hydrogens (tertiary/aromatic N) is 2. The fraction of sp³-hybridized carbons (Fsp3) is 0.250. The van der Waals surface area contributed by atoms with Crippen LogP contribution < -0.4 is 4.40 Å². The van der Waals surface area contributed by atoms with Gasteiger partial charge in [-0.1, -0.05) is 117 Å². The largest absolute Gasteiger partial charge is 0 e. The van der Waals surface area contributed by atoms with Gasteiger partial charge in [-0.15, -0.1) is 18.2 Å². The van der Waals surface area contributed by atoms with Crippen LogP contribution in [0.2, 0.25) is 17.3 Å². The number of furan rings is 1. The molecule has 6 aromatic carbocycles. The summed E-state index contributed by atoms with van der Waals surface area (Å²) in [6, 6.07) is 51.6. The Morgan fingerprint density at radius 2 is 1.51 bits per heavy atom. The van der Waals surface area contributed by atoms with Gasteiger partial charge in [-0.2, -0.15) is 0 Å². The standard InChI is InChI=1S/C36H28NO.C20H28GeN.Ir/c1-36(2,3)24-20-21-26(30(22-24)23-12-5-4-6-13-23)33-28-15-7-9-18-31(28)37-34(33)29-17-11-16-27-25-14-8-10-19-32(25)38-35(27)29;1-15-8-10-16(11-9-15)19-12-17(13-20(2,3)4)18(14-22-19)21(5,6)7;/h4-16,18-22,33H,1-3H3;8-10,12,14H,13H2,1-7H3;/q2*-1;/i;1D3,13D2;. The SMILES string of the molecule is CC(C)(C)c1ccc(C2C(c3[c-]ccc4c3oc3ccccc34)=Nc3ccccc32)c(-c2ccccc2)c1.[2H]C([2H])([2H])c1c[c-]c(-c2cc(C([2H])([2H])C(C)(C)C)[c]([Ge]([CH3])([CH3])[CH3])cn2)cc1.[Ir]. The van der Waals surface area contributed by atoms with Crippen molar-refractivity contribution in [3.8, 4) is 22.4 Å². The smallest absolute Gasteiger partial charge is 0 e. The van der Waals surface area contributed by atoms with Gasteiger partial charge in [0.1, 0.15) is 5.58 Å². The molecule has 3 heterocycles. The number of benzene rings is 6. The molecule has 3 nitrogen and oxygen atoms in total. The summed E-state index contributed by atoms with van der Waals surface area (Å²) in [4.78, 5) is 9.80. The molecule has 1 aliphatic rings. The molecule has 1 aliphatic heterocycles. The molecule has 1 atom stereocenters. The molecule has 61 heavy (non-hydrogen) atoms. The third kappa shape index (κ3) is 9.48. The maximum Gasteiger partial charge on any atom is 0 e. The zero-order valence-corrected chi connectivity index (χ0v) is 41.0. The average molecular weight is 1040 g/mol. The molecule has 5 heteroatoms. The van der Waals surface area contributed by atoms with Gasteiger partial charge in [0.15, 0.2) is 0 Å². The second kappa shape index (κ2) is 17.5. The molecule has 0 saturated carbocycles. The average Bonchev–Trinajstić information content (AvgIpc) is 3.84. The third-order valence-electron chi connectivity index (χ3n) is 11.0. The van der Waals surface area contributed by atoms with Gasteiger partial charge in [0.2, 0.25) is 0 Å². The van der Waals surface area contributed by atoms with E-state index in [1.54, 1.807) is 12.1 Å². The van der Waals surface area contributed by atoms with Crippen LogP contribution in [0, 0.1) is 24.4 Å². The van der Waals surface area contributed by atoms with E-state index in [1.165, 1.54) is 33.9 Å². The monoisotopic (exact) mass is 1040 g/mol. The summed E-state index contributed by atoms with van der Waals surface area (Å²) >= 11 is -2.36. The van der Waals surface area contributed by atoms with Crippen molar-refractivity contribution in [2.45, 2.75) is 83.4 Å². The number of pyridine rings is 1. The predicted octanol–water partition coefficient (Wildman–Crippen LogP) is 14.6. The maximum atomic E-state index is 8.80. The van der Waals surface area contributed by atoms with Gasteiger partial charge < -0.3 is 4.42 Å². The maximum absolute atomic E-state index is 8.80. The van der Waals surface area contributed by atoms with E-state index in [9.17, 15) is 0 Å². The Balaban J connectivity index is 0.000000206. The minimum absolute atomic E-state index is 0. The number of aryl methyl sites for hydroxylation is 1. The van der Waals surface area contributed by atoms with Crippen LogP contribution in [0.5, 0.6) is 0 Å². The molecule has 2 aromatic heterocycles. The molecule has 1 unspecified atom stereocenters. The van der Waals surface area contributed by atoms with E-state index in [-0.39, 0.29) is 37.0 Å². The van der Waals surface area contributed by atoms with Crippen molar-refractivity contribution in [2.75, 3.05) is 0 Å². The molecule has 8 aromatic rings. The minimum Gasteiger partial charge on any atom is 0 e. The van der Waals surface area contributed by atoms with Crippen molar-refractivity contribution < 1.29 is 31.4 Å². The summed E-state index contributed by atoms with van der Waals surface area (Å²) in [5.74, 6) is 6.66. The topological polar surface area (TPSA) is 38.4 Å². The molecule has 0 aliphatic carbocycles. The number of hydrogen-bond donors (Lipinski definition) is 0. The van der Waals surface area contributed by atoms with E-state index in [0.717, 1.165) is 43.3 Å². The Bertz CT molecular complexity index is 3060. The summed E-state index contributed by atoms with van der Waals surface area (Å²) in [6.45, 7) is 10.4. The zero-order valence-electron chi connectivity index (χ0n) is 41.5. The van der Waals surface area contributed by atoms with Crippen molar-refractivity contribution in [1.29, 1.82) is 0 Å². The zero-order chi connectivity index (χ0) is 46.7. The number of fused-ring (bicyclic) bond motifs is 4. The third-order valence-corrected chi connectivity index (χ3v) is 15.2. The Morgan fingerprint density at radius 1 is 0.770 bits per heavy atom. The van der Waals surface area contributed by atoms with Crippen LogP contribution in [0.4, 0.5) is 5.69 Å². The molecule has 0 spiro atoms. The van der Waals surface area contributed by atoms with Gasteiger partial charge in [0, 0.05) is 31.4 Å². The molecule has 0 fully saturated rings. The summed E-state index contributed by atoms with van der Waals surface area (Å²) in [7, 11) is 0. The number of aromatic nitrogens is 1. The van der Waals surface area contributed by atoms with Crippen molar-refractivity contribution in [1.82, 2.24) is 4.98 Å². The normalized spacial score (nSPS) is 15.6. The first kappa shape index (κ1) is 37.9. The first-order valence-corrected chi connectivity index (χ1v) is 28.1. The van der Waals surface area contributed by atoms with Gasteiger partial charge >= 0.3 is 145 Å². The summed E-state index contributed by atoms with van der Waals surface area (Å²) < 4.78 is 47.5. The molecule has 311 valence electrons. The first-order chi connectivity index (χ1) is 30.5. The van der Waals surface area contributed by atoms with E-state index in [4.69, 9.17) is 16.3 Å². The summed E-state index contributed by atoms with van der Waals surface area (Å²) in [6.07, 6.45) is 0.303. The number of hydrogen-bond acceptors (Lipinski definition) is 3. The van der Waals surface area contributed by atoms with Crippen molar-refractivity contribution in [2.24, 2.45) is 10.4 Å². The molecule has 1 radical (unpaired) electrons. The van der Waals surface area contributed by atoms with Gasteiger partial charge in [-0.3, -0.25) is 4.99 Å². The van der Waals surface area contributed by atoms with Crippen molar-refractivity contribution >= 4 is 51.0 Å². The number of aliphatic imine (C=N–C) groups is 1. The van der Waals surface area contributed by atoms with Crippen LogP contribution in [0.3, 0.4) is 0 Å². The van der Waals surface area contributed by atoms with Gasteiger partial charge in [-0.05, 0) is 51.1 Å². The van der Waals surface area contributed by atoms with Crippen LogP contribution in [0.25, 0.3) is 44.3 Å². The van der Waals surface area contributed by atoms with E-state index in [0.29, 0.717) is 16.8 Å². The Labute approximate surface area is 386 Å². The molecule has 0 bridgehead atoms. The van der Waals surface area contributed by atoms with E-state index in [2.05, 4.69) is 146 Å². The fourth-order valence-corrected chi connectivity index (χ4v) is 10.9. The van der Waals surface area contributed by atoms with Gasteiger partial charge in [-0.25, -0.2) is 0 Å². The van der Waals surface area contributed by atoms with Gasteiger partial charge in [0.25, 0.3) is 0 Å². The molecular formula is C56H56GeIrN2O-2. The second-order valence-corrected chi connectivity index (χ2v) is 29.4. The van der Waals surface area contributed by atoms with Crippen LogP contribution in [0.1, 0.15) is 87.7 Å². The Morgan fingerprint density at radius 3 is 2.21 bits per heavy atom. The molecule has 0 saturated heterocycles. The quantitative estimate of drug-likeness (QED) is 0.123. The number of para-hydroxylation sites is 2. The predicted molar refractivity (Wildman–Crippen MR) is 257 cm³/mol. The molecule has 0 N–H and O–H groups in total. The Hall–Kier alpha value is -4.87. The molecule has 0 amide bonds. The van der Waals surface area contributed by atoms with E-state index >= 15 is 0 Å². The first-order valence-electron chi connectivity index (χ1n) is 23.3. The van der Waals surface area contributed by atoms with Crippen LogP contribution >= 0.6 is 0 Å². The second-order valence-electron chi connectivity index (χ2n) is 18.8. The summed E-state index contributed by atoms with van der Waals surface area (Å²) in [5.41, 5.74) is 12.6. The van der Waals surface area contributed by atoms with Crippen LogP contribution in [-0.4, -0.2) is 24.0 Å². The summed E-state index contributed by atoms with van der Waals surface area (Å²) in [5, 5.41) is 2.21. The minimum atomic E-state index is -2.36.